The van der Waals surface area contributed by atoms with Gasteiger partial charge in [0.15, 0.2) is 0 Å². The summed E-state index contributed by atoms with van der Waals surface area (Å²) in [4.78, 5) is 27.3. The average molecular weight is 268 g/mol. The van der Waals surface area contributed by atoms with E-state index in [2.05, 4.69) is 4.90 Å². The van der Waals surface area contributed by atoms with E-state index in [0.717, 1.165) is 32.6 Å². The standard InChI is InChI=1S/C14H24N2O3/c1-14(2,3)19-13(18)16-7-4-11(10-16)15-8-5-12(17)6-9-15/h11H,4-10H2,1-3H3/t11-/m0/s1. The fraction of sp³-hybridized carbons (Fsp3) is 0.857. The van der Waals surface area contributed by atoms with Crippen molar-refractivity contribution in [3.05, 3.63) is 0 Å². The van der Waals surface area contributed by atoms with Gasteiger partial charge in [-0.2, -0.15) is 0 Å². The van der Waals surface area contributed by atoms with Gasteiger partial charge in [-0.05, 0) is 27.2 Å². The number of rotatable bonds is 1. The number of hydrogen-bond acceptors (Lipinski definition) is 4. The smallest absolute Gasteiger partial charge is 0.410 e. The molecule has 0 bridgehead atoms. The summed E-state index contributed by atoms with van der Waals surface area (Å²) in [6, 6.07) is 0.389. The number of carbonyl (C=O) groups excluding carboxylic acids is 2. The molecule has 5 heteroatoms. The van der Waals surface area contributed by atoms with E-state index in [0.29, 0.717) is 24.7 Å². The summed E-state index contributed by atoms with van der Waals surface area (Å²) in [7, 11) is 0. The number of hydrogen-bond donors (Lipinski definition) is 0. The maximum Gasteiger partial charge on any atom is 0.410 e. The lowest BCUT2D eigenvalue weighted by Crippen LogP contribution is -2.44. The molecule has 0 saturated carbocycles. The van der Waals surface area contributed by atoms with Crippen molar-refractivity contribution in [2.45, 2.75) is 51.7 Å². The molecule has 0 unspecified atom stereocenters. The molecule has 2 saturated heterocycles. The number of piperidine rings is 1. The zero-order valence-electron chi connectivity index (χ0n) is 12.1. The fourth-order valence-electron chi connectivity index (χ4n) is 2.67. The van der Waals surface area contributed by atoms with Crippen molar-refractivity contribution in [3.63, 3.8) is 0 Å². The van der Waals surface area contributed by atoms with Crippen molar-refractivity contribution >= 4 is 11.9 Å². The molecule has 0 aliphatic carbocycles. The third-order valence-electron chi connectivity index (χ3n) is 3.69. The molecule has 1 amide bonds. The highest BCUT2D eigenvalue weighted by atomic mass is 16.6. The van der Waals surface area contributed by atoms with Crippen LogP contribution in [0.3, 0.4) is 0 Å². The van der Waals surface area contributed by atoms with Crippen molar-refractivity contribution in [2.75, 3.05) is 26.2 Å². The van der Waals surface area contributed by atoms with E-state index in [-0.39, 0.29) is 6.09 Å². The number of ketones is 1. The van der Waals surface area contributed by atoms with E-state index < -0.39 is 5.60 Å². The Balaban J connectivity index is 1.83. The van der Waals surface area contributed by atoms with Gasteiger partial charge in [0.1, 0.15) is 11.4 Å². The van der Waals surface area contributed by atoms with Crippen LogP contribution in [0.2, 0.25) is 0 Å². The molecule has 2 fully saturated rings. The summed E-state index contributed by atoms with van der Waals surface area (Å²) in [5.74, 6) is 0.359. The van der Waals surface area contributed by atoms with Gasteiger partial charge in [0.05, 0.1) is 0 Å². The molecule has 5 nitrogen and oxygen atoms in total. The summed E-state index contributed by atoms with van der Waals surface area (Å²) in [5.41, 5.74) is -0.438. The number of amides is 1. The number of carbonyl (C=O) groups is 2. The predicted molar refractivity (Wildman–Crippen MR) is 72.0 cm³/mol. The van der Waals surface area contributed by atoms with Crippen LogP contribution in [0.5, 0.6) is 0 Å². The summed E-state index contributed by atoms with van der Waals surface area (Å²) in [6.07, 6.45) is 2.07. The number of Topliss-reactive ketones (excluding diaryl/α,β-unsaturated/α-hetero) is 1. The van der Waals surface area contributed by atoms with Crippen LogP contribution in [0.1, 0.15) is 40.0 Å². The van der Waals surface area contributed by atoms with Gasteiger partial charge in [0, 0.05) is 45.1 Å². The maximum absolute atomic E-state index is 12.0. The van der Waals surface area contributed by atoms with Crippen molar-refractivity contribution in [1.82, 2.24) is 9.80 Å². The topological polar surface area (TPSA) is 49.9 Å². The molecule has 2 aliphatic heterocycles. The molecule has 19 heavy (non-hydrogen) atoms. The average Bonchev–Trinajstić information content (AvgIpc) is 2.77. The van der Waals surface area contributed by atoms with Gasteiger partial charge in [-0.1, -0.05) is 0 Å². The highest BCUT2D eigenvalue weighted by Crippen LogP contribution is 2.21. The van der Waals surface area contributed by atoms with E-state index in [1.54, 1.807) is 4.90 Å². The zero-order valence-corrected chi connectivity index (χ0v) is 12.1. The number of likely N-dealkylation sites (tertiary alicyclic amines) is 2. The third-order valence-corrected chi connectivity index (χ3v) is 3.69. The molecule has 108 valence electrons. The van der Waals surface area contributed by atoms with Crippen LogP contribution in [0.4, 0.5) is 4.79 Å². The van der Waals surface area contributed by atoms with Gasteiger partial charge < -0.3 is 9.64 Å². The van der Waals surface area contributed by atoms with Crippen LogP contribution in [-0.2, 0) is 9.53 Å². The SMILES string of the molecule is CC(C)(C)OC(=O)N1CC[C@H](N2CCC(=O)CC2)C1. The Morgan fingerprint density at radius 2 is 1.84 bits per heavy atom. The van der Waals surface area contributed by atoms with Crippen molar-refractivity contribution in [3.8, 4) is 0 Å². The Kier molecular flexibility index (Phi) is 4.13. The van der Waals surface area contributed by atoms with Crippen LogP contribution in [0.25, 0.3) is 0 Å². The van der Waals surface area contributed by atoms with Crippen LogP contribution >= 0.6 is 0 Å². The summed E-state index contributed by atoms with van der Waals surface area (Å²) < 4.78 is 5.39. The number of ether oxygens (including phenoxy) is 1. The quantitative estimate of drug-likeness (QED) is 0.726. The first-order valence-corrected chi connectivity index (χ1v) is 7.09. The Morgan fingerprint density at radius 1 is 1.21 bits per heavy atom. The highest BCUT2D eigenvalue weighted by molar-refractivity contribution is 5.79. The van der Waals surface area contributed by atoms with Crippen LogP contribution in [0, 0.1) is 0 Å². The Bertz CT molecular complexity index is 352. The van der Waals surface area contributed by atoms with Gasteiger partial charge in [-0.3, -0.25) is 9.69 Å². The molecule has 2 aliphatic rings. The second-order valence-corrected chi connectivity index (χ2v) is 6.44. The summed E-state index contributed by atoms with van der Waals surface area (Å²) in [5, 5.41) is 0. The molecular formula is C14H24N2O3. The first kappa shape index (κ1) is 14.3. The van der Waals surface area contributed by atoms with E-state index in [9.17, 15) is 9.59 Å². The molecule has 0 aromatic carbocycles. The molecule has 0 aromatic rings. The Labute approximate surface area is 114 Å². The molecule has 2 rings (SSSR count). The van der Waals surface area contributed by atoms with Crippen LogP contribution in [-0.4, -0.2) is 59.5 Å². The summed E-state index contributed by atoms with van der Waals surface area (Å²) in [6.45, 7) is 8.81. The van der Waals surface area contributed by atoms with Gasteiger partial charge in [-0.15, -0.1) is 0 Å². The van der Waals surface area contributed by atoms with E-state index in [1.165, 1.54) is 0 Å². The molecule has 0 radical (unpaired) electrons. The minimum Gasteiger partial charge on any atom is -0.444 e. The largest absolute Gasteiger partial charge is 0.444 e. The second-order valence-electron chi connectivity index (χ2n) is 6.44. The molecule has 0 spiro atoms. The van der Waals surface area contributed by atoms with E-state index >= 15 is 0 Å². The first-order valence-electron chi connectivity index (χ1n) is 7.09. The first-order chi connectivity index (χ1) is 8.85. The fourth-order valence-corrected chi connectivity index (χ4v) is 2.67. The summed E-state index contributed by atoms with van der Waals surface area (Å²) >= 11 is 0. The minimum atomic E-state index is -0.438. The molecule has 2 heterocycles. The molecular weight excluding hydrogens is 244 g/mol. The Morgan fingerprint density at radius 3 is 2.42 bits per heavy atom. The van der Waals surface area contributed by atoms with Crippen molar-refractivity contribution < 1.29 is 14.3 Å². The number of nitrogens with zero attached hydrogens (tertiary/aromatic N) is 2. The minimum absolute atomic E-state index is 0.219. The van der Waals surface area contributed by atoms with Gasteiger partial charge in [-0.25, -0.2) is 4.79 Å². The van der Waals surface area contributed by atoms with Crippen molar-refractivity contribution in [2.24, 2.45) is 0 Å². The lowest BCUT2D eigenvalue weighted by Gasteiger charge is -2.31. The van der Waals surface area contributed by atoms with Gasteiger partial charge >= 0.3 is 6.09 Å². The monoisotopic (exact) mass is 268 g/mol. The molecule has 0 aromatic heterocycles. The van der Waals surface area contributed by atoms with Crippen LogP contribution < -0.4 is 0 Å². The third kappa shape index (κ3) is 3.93. The predicted octanol–water partition coefficient (Wildman–Crippen LogP) is 1.66. The molecule has 1 atom stereocenters. The van der Waals surface area contributed by atoms with Crippen LogP contribution in [0.15, 0.2) is 0 Å². The van der Waals surface area contributed by atoms with Gasteiger partial charge in [0.2, 0.25) is 0 Å². The normalized spacial score (nSPS) is 25.7. The van der Waals surface area contributed by atoms with Crippen molar-refractivity contribution in [1.29, 1.82) is 0 Å². The lowest BCUT2D eigenvalue weighted by molar-refractivity contribution is -0.121. The zero-order chi connectivity index (χ0) is 14.0. The molecule has 0 N–H and O–H groups in total. The highest BCUT2D eigenvalue weighted by Gasteiger charge is 2.33. The lowest BCUT2D eigenvalue weighted by atomic mass is 10.1. The second kappa shape index (κ2) is 5.49. The Hall–Kier alpha value is -1.10. The van der Waals surface area contributed by atoms with Gasteiger partial charge in [0.25, 0.3) is 0 Å². The maximum atomic E-state index is 12.0. The van der Waals surface area contributed by atoms with E-state index in [1.807, 2.05) is 20.8 Å². The van der Waals surface area contributed by atoms with E-state index in [4.69, 9.17) is 4.74 Å².